The predicted molar refractivity (Wildman–Crippen MR) is 142 cm³/mol. The van der Waals surface area contributed by atoms with Gasteiger partial charge < -0.3 is 14.2 Å². The van der Waals surface area contributed by atoms with Gasteiger partial charge in [0.1, 0.15) is 5.75 Å². The molecule has 37 heavy (non-hydrogen) atoms. The number of nitrogens with zero attached hydrogens (tertiary/aromatic N) is 3. The van der Waals surface area contributed by atoms with E-state index in [-0.39, 0.29) is 29.4 Å². The second-order valence-electron chi connectivity index (χ2n) is 9.65. The van der Waals surface area contributed by atoms with E-state index in [1.165, 1.54) is 4.31 Å². The summed E-state index contributed by atoms with van der Waals surface area (Å²) in [5.41, 5.74) is 1.94. The molecule has 0 saturated heterocycles. The van der Waals surface area contributed by atoms with E-state index >= 15 is 0 Å². The molecule has 0 bridgehead atoms. The van der Waals surface area contributed by atoms with E-state index in [1.54, 1.807) is 19.2 Å². The lowest BCUT2D eigenvalue weighted by atomic mass is 9.99. The van der Waals surface area contributed by atoms with Gasteiger partial charge in [0.15, 0.2) is 0 Å². The summed E-state index contributed by atoms with van der Waals surface area (Å²) in [6, 6.07) is 24.0. The molecule has 3 aromatic carbocycles. The molecule has 1 aliphatic carbocycles. The Kier molecular flexibility index (Phi) is 6.01. The fourth-order valence-corrected chi connectivity index (χ4v) is 7.21. The number of methoxy groups -OCH3 is 1. The lowest BCUT2D eigenvalue weighted by molar-refractivity contribution is -0.134. The Morgan fingerprint density at radius 2 is 1.76 bits per heavy atom. The number of amides is 1. The molecule has 0 N–H and O–H groups in total. The fourth-order valence-electron chi connectivity index (χ4n) is 5.36. The van der Waals surface area contributed by atoms with Gasteiger partial charge in [0.05, 0.1) is 24.6 Å². The lowest BCUT2D eigenvalue weighted by Gasteiger charge is -2.38. The van der Waals surface area contributed by atoms with Gasteiger partial charge in [0.25, 0.3) is 0 Å². The number of rotatable bonds is 7. The molecule has 1 fully saturated rings. The van der Waals surface area contributed by atoms with E-state index in [0.717, 1.165) is 29.5 Å². The summed E-state index contributed by atoms with van der Waals surface area (Å²) < 4.78 is 37.0. The van der Waals surface area contributed by atoms with Gasteiger partial charge in [-0.2, -0.15) is 4.31 Å². The number of aromatic nitrogens is 1. The van der Waals surface area contributed by atoms with Crippen LogP contribution < -0.4 is 4.74 Å². The van der Waals surface area contributed by atoms with Gasteiger partial charge in [-0.05, 0) is 54.1 Å². The number of carbonyl (C=O) groups excluding carboxylic acids is 1. The number of fused-ring (bicyclic) bond motifs is 2. The number of carbonyl (C=O) groups is 1. The molecule has 8 heteroatoms. The van der Waals surface area contributed by atoms with Crippen molar-refractivity contribution in [3.8, 4) is 5.75 Å². The Morgan fingerprint density at radius 1 is 0.973 bits per heavy atom. The van der Waals surface area contributed by atoms with Crippen molar-refractivity contribution < 1.29 is 17.9 Å². The van der Waals surface area contributed by atoms with E-state index < -0.39 is 10.0 Å². The van der Waals surface area contributed by atoms with E-state index in [0.29, 0.717) is 24.2 Å². The summed E-state index contributed by atoms with van der Waals surface area (Å²) in [6.07, 6.45) is 3.55. The summed E-state index contributed by atoms with van der Waals surface area (Å²) in [5.74, 6) is 0.516. The minimum atomic E-state index is -3.88. The van der Waals surface area contributed by atoms with Crippen LogP contribution in [0.5, 0.6) is 5.75 Å². The van der Waals surface area contributed by atoms with Gasteiger partial charge in [-0.1, -0.05) is 48.5 Å². The average molecular weight is 516 g/mol. The minimum absolute atomic E-state index is 0.156. The molecule has 7 nitrogen and oxygen atoms in total. The van der Waals surface area contributed by atoms with Crippen LogP contribution in [0.2, 0.25) is 0 Å². The molecule has 1 amide bonds. The molecule has 0 radical (unpaired) electrons. The first-order valence-electron chi connectivity index (χ1n) is 12.6. The van der Waals surface area contributed by atoms with Gasteiger partial charge in [-0.25, -0.2) is 8.42 Å². The van der Waals surface area contributed by atoms with E-state index in [9.17, 15) is 13.2 Å². The molecule has 2 heterocycles. The maximum Gasteiger partial charge on any atom is 0.244 e. The van der Waals surface area contributed by atoms with Crippen LogP contribution in [0.3, 0.4) is 0 Å². The number of sulfonamides is 1. The molecule has 0 spiro atoms. The standard InChI is InChI=1S/C29H29N3O4S/c1-36-24-10-4-9-22(19-24)29-26-12-6-16-30(26)17-18-31(29)28(33)20-32(23-14-15-23)37(34,35)27-13-5-8-21-7-2-3-11-25(21)27/h2-13,16,19,23,29H,14-15,17-18,20H2,1H3. The lowest BCUT2D eigenvalue weighted by Crippen LogP contribution is -2.48. The highest BCUT2D eigenvalue weighted by Gasteiger charge is 2.42. The van der Waals surface area contributed by atoms with Gasteiger partial charge >= 0.3 is 0 Å². The van der Waals surface area contributed by atoms with Crippen LogP contribution in [0.4, 0.5) is 0 Å². The number of hydrogen-bond donors (Lipinski definition) is 0. The fraction of sp³-hybridized carbons (Fsp3) is 0.276. The monoisotopic (exact) mass is 515 g/mol. The predicted octanol–water partition coefficient (Wildman–Crippen LogP) is 4.43. The second-order valence-corrected chi connectivity index (χ2v) is 11.5. The summed E-state index contributed by atoms with van der Waals surface area (Å²) in [7, 11) is -2.26. The largest absolute Gasteiger partial charge is 0.497 e. The zero-order valence-corrected chi connectivity index (χ0v) is 21.5. The molecular formula is C29H29N3O4S. The molecule has 1 aliphatic heterocycles. The molecule has 4 aromatic rings. The first-order valence-corrected chi connectivity index (χ1v) is 14.0. The zero-order chi connectivity index (χ0) is 25.6. The third kappa shape index (κ3) is 4.30. The highest BCUT2D eigenvalue weighted by atomic mass is 32.2. The molecule has 190 valence electrons. The molecule has 1 saturated carbocycles. The molecule has 2 aliphatic rings. The van der Waals surface area contributed by atoms with Crippen LogP contribution in [0.1, 0.15) is 30.1 Å². The second kappa shape index (κ2) is 9.36. The van der Waals surface area contributed by atoms with Crippen molar-refractivity contribution in [3.63, 3.8) is 0 Å². The number of ether oxygens (including phenoxy) is 1. The first kappa shape index (κ1) is 23.8. The van der Waals surface area contributed by atoms with Crippen molar-refractivity contribution in [1.29, 1.82) is 0 Å². The molecule has 6 rings (SSSR count). The van der Waals surface area contributed by atoms with Crippen LogP contribution >= 0.6 is 0 Å². The highest BCUT2D eigenvalue weighted by molar-refractivity contribution is 7.89. The van der Waals surface area contributed by atoms with Crippen LogP contribution in [-0.2, 0) is 21.4 Å². The Balaban J connectivity index is 1.35. The maximum absolute atomic E-state index is 14.0. The third-order valence-corrected chi connectivity index (χ3v) is 9.31. The summed E-state index contributed by atoms with van der Waals surface area (Å²) in [6.45, 7) is 0.973. The normalized spacial score (nSPS) is 17.7. The van der Waals surface area contributed by atoms with Gasteiger partial charge in [0, 0.05) is 36.4 Å². The van der Waals surface area contributed by atoms with Gasteiger partial charge in [0.2, 0.25) is 15.9 Å². The van der Waals surface area contributed by atoms with Crippen molar-refractivity contribution >= 4 is 26.7 Å². The molecule has 1 unspecified atom stereocenters. The Hall–Kier alpha value is -3.62. The van der Waals surface area contributed by atoms with E-state index in [1.807, 2.05) is 77.8 Å². The van der Waals surface area contributed by atoms with Crippen LogP contribution in [0, 0.1) is 0 Å². The van der Waals surface area contributed by atoms with Crippen LogP contribution in [0.25, 0.3) is 10.8 Å². The van der Waals surface area contributed by atoms with Crippen molar-refractivity contribution in [3.05, 3.63) is 96.3 Å². The summed E-state index contributed by atoms with van der Waals surface area (Å²) in [4.78, 5) is 16.0. The number of hydrogen-bond acceptors (Lipinski definition) is 4. The van der Waals surface area contributed by atoms with E-state index in [4.69, 9.17) is 4.74 Å². The topological polar surface area (TPSA) is 71.8 Å². The average Bonchev–Trinajstić information content (AvgIpc) is 3.65. The Bertz CT molecular complexity index is 1570. The Morgan fingerprint density at radius 3 is 2.57 bits per heavy atom. The van der Waals surface area contributed by atoms with Crippen molar-refractivity contribution in [1.82, 2.24) is 13.8 Å². The van der Waals surface area contributed by atoms with Gasteiger partial charge in [-0.3, -0.25) is 4.79 Å². The highest BCUT2D eigenvalue weighted by Crippen LogP contribution is 2.37. The molecule has 1 aromatic heterocycles. The number of benzene rings is 3. The zero-order valence-electron chi connectivity index (χ0n) is 20.7. The third-order valence-electron chi connectivity index (χ3n) is 7.35. The van der Waals surface area contributed by atoms with Crippen LogP contribution in [0.15, 0.2) is 90.0 Å². The van der Waals surface area contributed by atoms with Crippen molar-refractivity contribution in [2.24, 2.45) is 0 Å². The smallest absolute Gasteiger partial charge is 0.244 e. The quantitative estimate of drug-likeness (QED) is 0.365. The van der Waals surface area contributed by atoms with Crippen LogP contribution in [-0.4, -0.2) is 54.3 Å². The molecule has 1 atom stereocenters. The van der Waals surface area contributed by atoms with Crippen molar-refractivity contribution in [2.75, 3.05) is 20.2 Å². The van der Waals surface area contributed by atoms with Gasteiger partial charge in [-0.15, -0.1) is 0 Å². The SMILES string of the molecule is COc1cccc(C2c3cccn3CCN2C(=O)CN(C2CC2)S(=O)(=O)c2cccc3ccccc23)c1. The summed E-state index contributed by atoms with van der Waals surface area (Å²) in [5, 5.41) is 1.54. The van der Waals surface area contributed by atoms with Crippen molar-refractivity contribution in [2.45, 2.75) is 36.4 Å². The summed E-state index contributed by atoms with van der Waals surface area (Å²) >= 11 is 0. The Labute approximate surface area is 216 Å². The molecular weight excluding hydrogens is 486 g/mol. The van der Waals surface area contributed by atoms with E-state index in [2.05, 4.69) is 4.57 Å². The maximum atomic E-state index is 14.0. The minimum Gasteiger partial charge on any atom is -0.497 e. The first-order chi connectivity index (χ1) is 18.0.